The highest BCUT2D eigenvalue weighted by Gasteiger charge is 2.22. The summed E-state index contributed by atoms with van der Waals surface area (Å²) in [5.41, 5.74) is 0.168. The van der Waals surface area contributed by atoms with Gasteiger partial charge in [-0.25, -0.2) is 13.4 Å². The van der Waals surface area contributed by atoms with E-state index in [1.54, 1.807) is 6.07 Å². The number of oxime groups is 1. The lowest BCUT2D eigenvalue weighted by atomic mass is 10.1. The number of benzene rings is 1. The number of carbonyl (C=O) groups excluding carboxylic acids is 1. The number of ether oxygens (including phenoxy) is 1. The van der Waals surface area contributed by atoms with E-state index in [9.17, 15) is 17.6 Å². The first kappa shape index (κ1) is 21.8. The molecule has 0 unspecified atom stereocenters. The van der Waals surface area contributed by atoms with Crippen LogP contribution in [0.4, 0.5) is 9.52 Å². The third-order valence-electron chi connectivity index (χ3n) is 4.06. The van der Waals surface area contributed by atoms with Crippen LogP contribution in [0.3, 0.4) is 0 Å². The van der Waals surface area contributed by atoms with Gasteiger partial charge in [0.05, 0.1) is 36.1 Å². The van der Waals surface area contributed by atoms with Gasteiger partial charge in [0.25, 0.3) is 5.91 Å². The highest BCUT2D eigenvalue weighted by atomic mass is 32.2. The van der Waals surface area contributed by atoms with E-state index in [2.05, 4.69) is 15.5 Å². The molecule has 1 aliphatic rings. The summed E-state index contributed by atoms with van der Waals surface area (Å²) in [6.07, 6.45) is 1.16. The molecule has 0 aliphatic carbocycles. The second kappa shape index (κ2) is 9.75. The minimum absolute atomic E-state index is 0.0216. The fourth-order valence-corrected chi connectivity index (χ4v) is 4.22. The molecule has 0 saturated carbocycles. The molecule has 30 heavy (non-hydrogen) atoms. The van der Waals surface area contributed by atoms with Crippen molar-refractivity contribution < 1.29 is 27.2 Å². The number of thiazole rings is 1. The maximum absolute atomic E-state index is 13.2. The predicted molar refractivity (Wildman–Crippen MR) is 106 cm³/mol. The zero-order valence-corrected chi connectivity index (χ0v) is 17.2. The Labute approximate surface area is 176 Å². The van der Waals surface area contributed by atoms with E-state index in [-0.39, 0.29) is 34.0 Å². The molecule has 2 heterocycles. The van der Waals surface area contributed by atoms with Gasteiger partial charge in [-0.05, 0) is 12.1 Å². The number of nitriles is 1. The van der Waals surface area contributed by atoms with Crippen LogP contribution in [-0.4, -0.2) is 50.1 Å². The van der Waals surface area contributed by atoms with Gasteiger partial charge in [-0.15, -0.1) is 0 Å². The molecule has 0 radical (unpaired) electrons. The smallest absolute Gasteiger partial charge is 0.280 e. The van der Waals surface area contributed by atoms with Crippen LogP contribution >= 0.6 is 11.3 Å². The van der Waals surface area contributed by atoms with Gasteiger partial charge in [0.1, 0.15) is 0 Å². The third-order valence-corrected chi connectivity index (χ3v) is 6.50. The molecule has 1 aliphatic heterocycles. The number of amides is 1. The maximum atomic E-state index is 13.2. The van der Waals surface area contributed by atoms with Crippen molar-refractivity contribution in [3.8, 4) is 6.07 Å². The molecule has 1 fully saturated rings. The van der Waals surface area contributed by atoms with Gasteiger partial charge >= 0.3 is 0 Å². The van der Waals surface area contributed by atoms with E-state index < -0.39 is 20.9 Å². The van der Waals surface area contributed by atoms with Crippen LogP contribution in [0, 0.1) is 16.5 Å². The van der Waals surface area contributed by atoms with Crippen molar-refractivity contribution >= 4 is 37.9 Å². The average molecular weight is 452 g/mol. The van der Waals surface area contributed by atoms with E-state index in [4.69, 9.17) is 14.8 Å². The highest BCUT2D eigenvalue weighted by molar-refractivity contribution is 7.91. The zero-order valence-electron chi connectivity index (χ0n) is 15.6. The van der Waals surface area contributed by atoms with Gasteiger partial charge in [-0.2, -0.15) is 9.65 Å². The Morgan fingerprint density at radius 1 is 1.43 bits per heavy atom. The molecule has 1 amide bonds. The van der Waals surface area contributed by atoms with Gasteiger partial charge in [-0.3, -0.25) is 10.1 Å². The van der Waals surface area contributed by atoms with E-state index in [0.717, 1.165) is 6.20 Å². The number of nitrogens with zero attached hydrogens (tertiary/aromatic N) is 3. The molecule has 9 nitrogen and oxygen atoms in total. The SMILES string of the molecule is N#CCCS(=O)(=O)c1ccc(C(=NO[C@@H]2CCOC2)C(=O)Nc2ncc(F)s2)cc1. The molecular weight excluding hydrogens is 435 g/mol. The van der Waals surface area contributed by atoms with Crippen LogP contribution in [0.5, 0.6) is 0 Å². The van der Waals surface area contributed by atoms with Crippen LogP contribution in [-0.2, 0) is 24.2 Å². The second-order valence-electron chi connectivity index (χ2n) is 6.21. The Hall–Kier alpha value is -2.88. The Morgan fingerprint density at radius 3 is 2.80 bits per heavy atom. The molecule has 0 spiro atoms. The molecular formula is C18H17FN4O5S2. The minimum atomic E-state index is -3.62. The largest absolute Gasteiger partial charge is 0.389 e. The standard InChI is InChI=1S/C18H17FN4O5S2/c19-15-10-21-18(29-15)22-17(24)16(23-28-13-6-8-27-11-13)12-2-4-14(5-3-12)30(25,26)9-1-7-20/h2-5,10,13H,1,6,8-9,11H2,(H,21,22,24)/t13-/m1/s1. The van der Waals surface area contributed by atoms with Crippen LogP contribution in [0.1, 0.15) is 18.4 Å². The Kier molecular flexibility index (Phi) is 7.09. The van der Waals surface area contributed by atoms with E-state index in [1.807, 2.05) is 0 Å². The lowest BCUT2D eigenvalue weighted by Crippen LogP contribution is -2.25. The van der Waals surface area contributed by atoms with Crippen LogP contribution in [0.2, 0.25) is 0 Å². The first-order valence-corrected chi connectivity index (χ1v) is 11.3. The van der Waals surface area contributed by atoms with Gasteiger partial charge in [0.15, 0.2) is 31.9 Å². The molecule has 2 aromatic rings. The second-order valence-corrected chi connectivity index (χ2v) is 9.30. The quantitative estimate of drug-likeness (QED) is 0.479. The fraction of sp³-hybridized carbons (Fsp3) is 0.333. The number of sulfone groups is 1. The first-order chi connectivity index (χ1) is 14.4. The number of rotatable bonds is 8. The Balaban J connectivity index is 1.84. The van der Waals surface area contributed by atoms with Gasteiger partial charge in [0, 0.05) is 18.4 Å². The van der Waals surface area contributed by atoms with Gasteiger partial charge in [-0.1, -0.05) is 28.6 Å². The van der Waals surface area contributed by atoms with Crippen molar-refractivity contribution in [2.45, 2.75) is 23.8 Å². The number of aromatic nitrogens is 1. The van der Waals surface area contributed by atoms with Crippen LogP contribution in [0.25, 0.3) is 0 Å². The lowest BCUT2D eigenvalue weighted by Gasteiger charge is -2.10. The highest BCUT2D eigenvalue weighted by Crippen LogP contribution is 2.18. The summed E-state index contributed by atoms with van der Waals surface area (Å²) in [5, 5.41) is 14.5. The number of carbonyl (C=O) groups is 1. The molecule has 0 bridgehead atoms. The molecule has 1 aromatic carbocycles. The fourth-order valence-electron chi connectivity index (χ4n) is 2.54. The summed E-state index contributed by atoms with van der Waals surface area (Å²) in [6, 6.07) is 7.27. The van der Waals surface area contributed by atoms with Crippen molar-refractivity contribution in [2.24, 2.45) is 5.16 Å². The van der Waals surface area contributed by atoms with Crippen LogP contribution < -0.4 is 5.32 Å². The number of halogens is 1. The molecule has 1 saturated heterocycles. The van der Waals surface area contributed by atoms with Gasteiger partial charge in [0.2, 0.25) is 0 Å². The summed E-state index contributed by atoms with van der Waals surface area (Å²) < 4.78 is 42.8. The Bertz CT molecular complexity index is 1070. The van der Waals surface area contributed by atoms with Crippen molar-refractivity contribution in [2.75, 3.05) is 24.3 Å². The number of hydrogen-bond acceptors (Lipinski definition) is 9. The number of nitrogens with one attached hydrogen (secondary N) is 1. The van der Waals surface area contributed by atoms with Crippen LogP contribution in [0.15, 0.2) is 40.5 Å². The summed E-state index contributed by atoms with van der Waals surface area (Å²) in [5.74, 6) is -0.992. The van der Waals surface area contributed by atoms with Crippen molar-refractivity contribution in [1.82, 2.24) is 4.98 Å². The molecule has 1 atom stereocenters. The molecule has 12 heteroatoms. The summed E-state index contributed by atoms with van der Waals surface area (Å²) in [7, 11) is -3.62. The normalized spacial score (nSPS) is 16.8. The zero-order chi connectivity index (χ0) is 21.6. The molecule has 3 rings (SSSR count). The van der Waals surface area contributed by atoms with Gasteiger partial charge < -0.3 is 9.57 Å². The van der Waals surface area contributed by atoms with E-state index >= 15 is 0 Å². The topological polar surface area (TPSA) is 131 Å². The lowest BCUT2D eigenvalue weighted by molar-refractivity contribution is -0.110. The van der Waals surface area contributed by atoms with Crippen molar-refractivity contribution in [1.29, 1.82) is 5.26 Å². The monoisotopic (exact) mass is 452 g/mol. The van der Waals surface area contributed by atoms with Crippen molar-refractivity contribution in [3.05, 3.63) is 41.2 Å². The molecule has 1 aromatic heterocycles. The Morgan fingerprint density at radius 2 is 2.20 bits per heavy atom. The number of hydrogen-bond donors (Lipinski definition) is 1. The average Bonchev–Trinajstić information content (AvgIpc) is 3.39. The number of anilines is 1. The summed E-state index contributed by atoms with van der Waals surface area (Å²) in [6.45, 7) is 0.863. The molecule has 1 N–H and O–H groups in total. The first-order valence-electron chi connectivity index (χ1n) is 8.83. The van der Waals surface area contributed by atoms with E-state index in [1.165, 1.54) is 24.3 Å². The molecule has 158 valence electrons. The maximum Gasteiger partial charge on any atom is 0.280 e. The predicted octanol–water partition coefficient (Wildman–Crippen LogP) is 2.12. The van der Waals surface area contributed by atoms with Crippen molar-refractivity contribution in [3.63, 3.8) is 0 Å². The minimum Gasteiger partial charge on any atom is -0.389 e. The van der Waals surface area contributed by atoms with E-state index in [0.29, 0.717) is 36.5 Å². The third kappa shape index (κ3) is 5.59. The summed E-state index contributed by atoms with van der Waals surface area (Å²) in [4.78, 5) is 21.8. The summed E-state index contributed by atoms with van der Waals surface area (Å²) >= 11 is 0.654.